The van der Waals surface area contributed by atoms with E-state index in [4.69, 9.17) is 5.84 Å². The van der Waals surface area contributed by atoms with Crippen LogP contribution in [-0.4, -0.2) is 4.98 Å². The van der Waals surface area contributed by atoms with Gasteiger partial charge in [0, 0.05) is 16.1 Å². The predicted octanol–water partition coefficient (Wildman–Crippen LogP) is 3.69. The van der Waals surface area contributed by atoms with E-state index in [-0.39, 0.29) is 11.9 Å². The summed E-state index contributed by atoms with van der Waals surface area (Å²) in [5.74, 6) is 5.37. The minimum atomic E-state index is -0.304. The molecule has 0 aliphatic rings. The second-order valence-corrected chi connectivity index (χ2v) is 5.67. The van der Waals surface area contributed by atoms with Crippen LogP contribution in [0.4, 0.5) is 4.39 Å². The van der Waals surface area contributed by atoms with Gasteiger partial charge in [0.2, 0.25) is 0 Å². The molecule has 3 nitrogen and oxygen atoms in total. The fraction of sp³-hybridized carbons (Fsp3) is 0.0625. The lowest BCUT2D eigenvalue weighted by molar-refractivity contribution is 0.604. The Morgan fingerprint density at radius 3 is 2.71 bits per heavy atom. The number of fused-ring (bicyclic) bond motifs is 1. The lowest BCUT2D eigenvalue weighted by Gasteiger charge is -2.18. The van der Waals surface area contributed by atoms with Crippen molar-refractivity contribution in [2.45, 2.75) is 6.04 Å². The second kappa shape index (κ2) is 5.89. The zero-order valence-electron chi connectivity index (χ0n) is 11.1. The minimum Gasteiger partial charge on any atom is -0.271 e. The summed E-state index contributed by atoms with van der Waals surface area (Å²) in [6.45, 7) is 0. The molecule has 5 heteroatoms. The maximum Gasteiger partial charge on any atom is 0.124 e. The van der Waals surface area contributed by atoms with Crippen LogP contribution in [0.3, 0.4) is 0 Å². The van der Waals surface area contributed by atoms with E-state index in [1.54, 1.807) is 6.20 Å². The molecule has 1 aromatic heterocycles. The lowest BCUT2D eigenvalue weighted by atomic mass is 9.98. The standard InChI is InChI=1S/C16H13BrFN3/c17-13-7-12(8-14(18)9-13)16(21-19)11-3-4-15-10(6-11)2-1-5-20-15/h1-9,16,21H,19H2. The normalized spacial score (nSPS) is 12.5. The van der Waals surface area contributed by atoms with E-state index >= 15 is 0 Å². The minimum absolute atomic E-state index is 0.290. The average Bonchev–Trinajstić information content (AvgIpc) is 2.47. The highest BCUT2D eigenvalue weighted by Gasteiger charge is 2.14. The maximum atomic E-state index is 13.6. The first-order valence-corrected chi connectivity index (χ1v) is 7.23. The summed E-state index contributed by atoms with van der Waals surface area (Å²) in [5.41, 5.74) is 5.37. The first-order chi connectivity index (χ1) is 10.2. The van der Waals surface area contributed by atoms with E-state index in [0.717, 1.165) is 22.0 Å². The number of nitrogens with two attached hydrogens (primary N) is 1. The molecular formula is C16H13BrFN3. The molecule has 0 radical (unpaired) electrons. The highest BCUT2D eigenvalue weighted by molar-refractivity contribution is 9.10. The number of hydrogen-bond donors (Lipinski definition) is 2. The molecular weight excluding hydrogens is 333 g/mol. The summed E-state index contributed by atoms with van der Waals surface area (Å²) in [7, 11) is 0. The first kappa shape index (κ1) is 14.1. The first-order valence-electron chi connectivity index (χ1n) is 6.44. The van der Waals surface area contributed by atoms with Gasteiger partial charge in [-0.15, -0.1) is 0 Å². The predicted molar refractivity (Wildman–Crippen MR) is 85.0 cm³/mol. The zero-order chi connectivity index (χ0) is 14.8. The molecule has 0 fully saturated rings. The van der Waals surface area contributed by atoms with Gasteiger partial charge in [0.15, 0.2) is 0 Å². The van der Waals surface area contributed by atoms with Crippen molar-refractivity contribution in [3.05, 3.63) is 76.1 Å². The third kappa shape index (κ3) is 2.95. The van der Waals surface area contributed by atoms with Gasteiger partial charge < -0.3 is 0 Å². The number of benzene rings is 2. The number of hydrazine groups is 1. The van der Waals surface area contributed by atoms with Crippen LogP contribution in [0, 0.1) is 5.82 Å². The topological polar surface area (TPSA) is 50.9 Å². The van der Waals surface area contributed by atoms with E-state index in [0.29, 0.717) is 4.47 Å². The number of nitrogens with one attached hydrogen (secondary N) is 1. The van der Waals surface area contributed by atoms with Crippen molar-refractivity contribution in [3.63, 3.8) is 0 Å². The van der Waals surface area contributed by atoms with Gasteiger partial charge in [-0.1, -0.05) is 28.1 Å². The molecule has 1 heterocycles. The molecule has 0 saturated heterocycles. The molecule has 0 aliphatic heterocycles. The number of hydrogen-bond acceptors (Lipinski definition) is 3. The monoisotopic (exact) mass is 345 g/mol. The maximum absolute atomic E-state index is 13.6. The number of nitrogens with zero attached hydrogens (tertiary/aromatic N) is 1. The summed E-state index contributed by atoms with van der Waals surface area (Å²) >= 11 is 3.30. The Labute approximate surface area is 130 Å². The molecule has 106 valence electrons. The fourth-order valence-electron chi connectivity index (χ4n) is 2.40. The van der Waals surface area contributed by atoms with Gasteiger partial charge in [0.1, 0.15) is 5.82 Å². The zero-order valence-corrected chi connectivity index (χ0v) is 12.6. The van der Waals surface area contributed by atoms with Crippen LogP contribution in [-0.2, 0) is 0 Å². The Morgan fingerprint density at radius 2 is 1.95 bits per heavy atom. The van der Waals surface area contributed by atoms with Crippen molar-refractivity contribution >= 4 is 26.8 Å². The quantitative estimate of drug-likeness (QED) is 0.562. The molecule has 0 spiro atoms. The molecule has 0 saturated carbocycles. The molecule has 1 unspecified atom stereocenters. The van der Waals surface area contributed by atoms with Gasteiger partial charge in [-0.05, 0) is 47.5 Å². The number of aromatic nitrogens is 1. The van der Waals surface area contributed by atoms with Crippen molar-refractivity contribution < 1.29 is 4.39 Å². The van der Waals surface area contributed by atoms with Gasteiger partial charge in [-0.25, -0.2) is 9.82 Å². The van der Waals surface area contributed by atoms with Crippen LogP contribution >= 0.6 is 15.9 Å². The molecule has 2 aromatic carbocycles. The second-order valence-electron chi connectivity index (χ2n) is 4.76. The lowest BCUT2D eigenvalue weighted by Crippen LogP contribution is -2.28. The molecule has 3 N–H and O–H groups in total. The Morgan fingerprint density at radius 1 is 1.10 bits per heavy atom. The van der Waals surface area contributed by atoms with Crippen molar-refractivity contribution in [2.75, 3.05) is 0 Å². The van der Waals surface area contributed by atoms with Crippen LogP contribution in [0.5, 0.6) is 0 Å². The van der Waals surface area contributed by atoms with E-state index in [1.165, 1.54) is 12.1 Å². The van der Waals surface area contributed by atoms with Crippen molar-refractivity contribution in [1.29, 1.82) is 0 Å². The largest absolute Gasteiger partial charge is 0.271 e. The summed E-state index contributed by atoms with van der Waals surface area (Å²) in [5, 5.41) is 1.02. The van der Waals surface area contributed by atoms with Crippen LogP contribution in [0.2, 0.25) is 0 Å². The van der Waals surface area contributed by atoms with Crippen LogP contribution in [0.15, 0.2) is 59.2 Å². The van der Waals surface area contributed by atoms with Crippen molar-refractivity contribution in [2.24, 2.45) is 5.84 Å². The number of rotatable bonds is 3. The van der Waals surface area contributed by atoms with Crippen LogP contribution in [0.25, 0.3) is 10.9 Å². The van der Waals surface area contributed by atoms with Gasteiger partial charge >= 0.3 is 0 Å². The molecule has 0 aliphatic carbocycles. The summed E-state index contributed by atoms with van der Waals surface area (Å²) in [4.78, 5) is 4.29. The Bertz CT molecular complexity index is 771. The average molecular weight is 346 g/mol. The number of halogens is 2. The Hall–Kier alpha value is -1.82. The van der Waals surface area contributed by atoms with Crippen LogP contribution in [0.1, 0.15) is 17.2 Å². The number of pyridine rings is 1. The highest BCUT2D eigenvalue weighted by atomic mass is 79.9. The van der Waals surface area contributed by atoms with Gasteiger partial charge in [-0.3, -0.25) is 10.8 Å². The molecule has 0 amide bonds. The molecule has 0 bridgehead atoms. The molecule has 1 atom stereocenters. The van der Waals surface area contributed by atoms with E-state index in [2.05, 4.69) is 26.3 Å². The molecule has 21 heavy (non-hydrogen) atoms. The van der Waals surface area contributed by atoms with E-state index in [9.17, 15) is 4.39 Å². The summed E-state index contributed by atoms with van der Waals surface area (Å²) in [6.07, 6.45) is 1.75. The smallest absolute Gasteiger partial charge is 0.124 e. The van der Waals surface area contributed by atoms with Crippen molar-refractivity contribution in [1.82, 2.24) is 10.4 Å². The van der Waals surface area contributed by atoms with Crippen LogP contribution < -0.4 is 11.3 Å². The van der Waals surface area contributed by atoms with E-state index in [1.807, 2.05) is 36.4 Å². The highest BCUT2D eigenvalue weighted by Crippen LogP contribution is 2.27. The summed E-state index contributed by atoms with van der Waals surface area (Å²) < 4.78 is 14.3. The van der Waals surface area contributed by atoms with Gasteiger partial charge in [0.25, 0.3) is 0 Å². The third-order valence-electron chi connectivity index (χ3n) is 3.35. The Kier molecular flexibility index (Phi) is 3.96. The fourth-order valence-corrected chi connectivity index (χ4v) is 2.88. The third-order valence-corrected chi connectivity index (χ3v) is 3.80. The van der Waals surface area contributed by atoms with Gasteiger partial charge in [0.05, 0.1) is 11.6 Å². The SMILES string of the molecule is NNC(c1cc(F)cc(Br)c1)c1ccc2ncccc2c1. The van der Waals surface area contributed by atoms with Crippen molar-refractivity contribution in [3.8, 4) is 0 Å². The van der Waals surface area contributed by atoms with E-state index < -0.39 is 0 Å². The Balaban J connectivity index is 2.08. The van der Waals surface area contributed by atoms with Gasteiger partial charge in [-0.2, -0.15) is 0 Å². The molecule has 3 aromatic rings. The summed E-state index contributed by atoms with van der Waals surface area (Å²) in [6, 6.07) is 14.2. The molecule has 3 rings (SSSR count).